The molecule has 0 radical (unpaired) electrons. The fraction of sp³-hybridized carbons (Fsp3) is 0.333. The van der Waals surface area contributed by atoms with Gasteiger partial charge >= 0.3 is 12.3 Å². The molecule has 0 aromatic heterocycles. The third kappa shape index (κ3) is 2.74. The van der Waals surface area contributed by atoms with E-state index in [9.17, 15) is 26.3 Å². The van der Waals surface area contributed by atoms with Gasteiger partial charge in [0.2, 0.25) is 0 Å². The van der Waals surface area contributed by atoms with Crippen LogP contribution in [0.5, 0.6) is 0 Å². The lowest BCUT2D eigenvalue weighted by molar-refractivity contribution is -0.194. The van der Waals surface area contributed by atoms with Crippen LogP contribution >= 0.6 is 15.9 Å². The molecule has 1 unspecified atom stereocenters. The lowest BCUT2D eigenvalue weighted by atomic mass is 10.0. The first kappa shape index (κ1) is 14.3. The zero-order valence-electron chi connectivity index (χ0n) is 7.90. The molecular weight excluding hydrogens is 318 g/mol. The number of halogens is 7. The molecule has 1 aromatic rings. The Hall–Kier alpha value is -0.760. The van der Waals surface area contributed by atoms with Gasteiger partial charge < -0.3 is 5.11 Å². The van der Waals surface area contributed by atoms with Crippen molar-refractivity contribution in [3.63, 3.8) is 0 Å². The van der Waals surface area contributed by atoms with E-state index in [1.165, 1.54) is 0 Å². The topological polar surface area (TPSA) is 20.2 Å². The van der Waals surface area contributed by atoms with Crippen molar-refractivity contribution in [1.82, 2.24) is 0 Å². The first-order chi connectivity index (χ1) is 7.67. The van der Waals surface area contributed by atoms with Crippen molar-refractivity contribution < 1.29 is 31.4 Å². The normalized spacial score (nSPS) is 14.2. The van der Waals surface area contributed by atoms with E-state index in [1.54, 1.807) is 0 Å². The van der Waals surface area contributed by atoms with Crippen LogP contribution in [0.25, 0.3) is 0 Å². The Morgan fingerprint density at radius 2 is 1.65 bits per heavy atom. The van der Waals surface area contributed by atoms with Gasteiger partial charge in [0.25, 0.3) is 0 Å². The van der Waals surface area contributed by atoms with Crippen LogP contribution < -0.4 is 0 Å². The summed E-state index contributed by atoms with van der Waals surface area (Å²) in [5, 5.41) is 8.96. The van der Waals surface area contributed by atoms with Gasteiger partial charge in [-0.25, -0.2) is 17.6 Å². The van der Waals surface area contributed by atoms with Crippen LogP contribution in [0.4, 0.5) is 26.3 Å². The van der Waals surface area contributed by atoms with Crippen LogP contribution in [0, 0.1) is 11.6 Å². The number of benzene rings is 1. The predicted octanol–water partition coefficient (Wildman–Crippen LogP) is 3.66. The van der Waals surface area contributed by atoms with Gasteiger partial charge in [-0.05, 0) is 28.1 Å². The molecule has 1 aromatic carbocycles. The van der Waals surface area contributed by atoms with Crippen molar-refractivity contribution in [1.29, 1.82) is 0 Å². The van der Waals surface area contributed by atoms with E-state index >= 15 is 0 Å². The maximum atomic E-state index is 13.1. The van der Waals surface area contributed by atoms with Crippen molar-refractivity contribution in [3.05, 3.63) is 33.8 Å². The number of aliphatic hydroxyl groups is 1. The van der Waals surface area contributed by atoms with Gasteiger partial charge in [-0.1, -0.05) is 0 Å². The molecular formula is C9H5BrF6O. The van der Waals surface area contributed by atoms with Crippen molar-refractivity contribution in [2.45, 2.75) is 18.5 Å². The van der Waals surface area contributed by atoms with Crippen LogP contribution in [-0.2, 0) is 0 Å². The Balaban J connectivity index is 3.21. The van der Waals surface area contributed by atoms with E-state index in [4.69, 9.17) is 5.11 Å². The van der Waals surface area contributed by atoms with E-state index < -0.39 is 35.6 Å². The van der Waals surface area contributed by atoms with Gasteiger partial charge in [0.05, 0.1) is 4.47 Å². The van der Waals surface area contributed by atoms with Gasteiger partial charge in [0.1, 0.15) is 11.6 Å². The highest BCUT2D eigenvalue weighted by molar-refractivity contribution is 9.10. The molecule has 17 heavy (non-hydrogen) atoms. The summed E-state index contributed by atoms with van der Waals surface area (Å²) in [5.74, 6) is -7.42. The molecule has 0 bridgehead atoms. The molecule has 1 N–H and O–H groups in total. The largest absolute Gasteiger partial charge is 0.382 e. The van der Waals surface area contributed by atoms with Crippen molar-refractivity contribution in [2.75, 3.05) is 0 Å². The summed E-state index contributed by atoms with van der Waals surface area (Å²) in [6, 6.07) is 0.704. The zero-order chi connectivity index (χ0) is 13.4. The SMILES string of the molecule is OC(c1cc(F)c(Br)cc1F)C(F)(F)C(F)F. The van der Waals surface area contributed by atoms with E-state index in [-0.39, 0.29) is 10.5 Å². The predicted molar refractivity (Wildman–Crippen MR) is 50.0 cm³/mol. The molecule has 0 heterocycles. The van der Waals surface area contributed by atoms with Gasteiger partial charge in [0.15, 0.2) is 6.10 Å². The third-order valence-corrected chi connectivity index (χ3v) is 2.60. The fourth-order valence-corrected chi connectivity index (χ4v) is 1.39. The van der Waals surface area contributed by atoms with Crippen LogP contribution in [0.2, 0.25) is 0 Å². The molecule has 0 aliphatic rings. The van der Waals surface area contributed by atoms with E-state index in [0.717, 1.165) is 0 Å². The second-order valence-electron chi connectivity index (χ2n) is 3.17. The van der Waals surface area contributed by atoms with Gasteiger partial charge in [-0.15, -0.1) is 0 Å². The second kappa shape index (κ2) is 4.85. The number of rotatable bonds is 3. The summed E-state index contributed by atoms with van der Waals surface area (Å²) in [5.41, 5.74) is -1.23. The molecule has 0 aliphatic heterocycles. The average Bonchev–Trinajstić information content (AvgIpc) is 2.22. The maximum absolute atomic E-state index is 13.1. The van der Waals surface area contributed by atoms with Crippen molar-refractivity contribution in [2.24, 2.45) is 0 Å². The Labute approximate surface area is 100 Å². The lowest BCUT2D eigenvalue weighted by Gasteiger charge is -2.22. The number of alkyl halides is 4. The molecule has 0 fully saturated rings. The Kier molecular flexibility index (Phi) is 4.08. The fourth-order valence-electron chi connectivity index (χ4n) is 1.07. The first-order valence-electron chi connectivity index (χ1n) is 4.16. The summed E-state index contributed by atoms with van der Waals surface area (Å²) >= 11 is 2.58. The Morgan fingerprint density at radius 3 is 2.12 bits per heavy atom. The molecule has 0 saturated carbocycles. The summed E-state index contributed by atoms with van der Waals surface area (Å²) < 4.78 is 75.0. The molecule has 0 aliphatic carbocycles. The highest BCUT2D eigenvalue weighted by Gasteiger charge is 2.49. The molecule has 1 rings (SSSR count). The van der Waals surface area contributed by atoms with Crippen LogP contribution in [0.15, 0.2) is 16.6 Å². The van der Waals surface area contributed by atoms with Gasteiger partial charge in [-0.2, -0.15) is 8.78 Å². The van der Waals surface area contributed by atoms with Crippen LogP contribution in [0.1, 0.15) is 11.7 Å². The first-order valence-corrected chi connectivity index (χ1v) is 4.95. The van der Waals surface area contributed by atoms with Crippen molar-refractivity contribution in [3.8, 4) is 0 Å². The number of hydrogen-bond acceptors (Lipinski definition) is 1. The summed E-state index contributed by atoms with van der Waals surface area (Å²) in [6.45, 7) is 0. The molecule has 96 valence electrons. The van der Waals surface area contributed by atoms with Crippen LogP contribution in [-0.4, -0.2) is 17.5 Å². The molecule has 0 saturated heterocycles. The van der Waals surface area contributed by atoms with Crippen LogP contribution in [0.3, 0.4) is 0 Å². The minimum absolute atomic E-state index is 0.236. The highest BCUT2D eigenvalue weighted by Crippen LogP contribution is 2.38. The third-order valence-electron chi connectivity index (χ3n) is 1.99. The quantitative estimate of drug-likeness (QED) is 0.665. The number of aliphatic hydroxyl groups excluding tert-OH is 1. The Bertz CT molecular complexity index is 422. The average molecular weight is 323 g/mol. The molecule has 1 nitrogen and oxygen atoms in total. The minimum atomic E-state index is -4.86. The second-order valence-corrected chi connectivity index (χ2v) is 4.02. The van der Waals surface area contributed by atoms with E-state index in [2.05, 4.69) is 15.9 Å². The standard InChI is InChI=1S/C9H5BrF6O/c10-4-2-5(11)3(1-6(4)12)7(17)9(15,16)8(13)14/h1-2,7-8,17H. The molecule has 1 atom stereocenters. The molecule has 0 amide bonds. The molecule has 8 heteroatoms. The minimum Gasteiger partial charge on any atom is -0.382 e. The summed E-state index contributed by atoms with van der Waals surface area (Å²) in [4.78, 5) is 0. The lowest BCUT2D eigenvalue weighted by Crippen LogP contribution is -2.34. The molecule has 0 spiro atoms. The number of hydrogen-bond donors (Lipinski definition) is 1. The summed E-state index contributed by atoms with van der Waals surface area (Å²) in [7, 11) is 0. The summed E-state index contributed by atoms with van der Waals surface area (Å²) in [6.07, 6.45) is -7.31. The Morgan fingerprint density at radius 1 is 1.12 bits per heavy atom. The smallest absolute Gasteiger partial charge is 0.336 e. The highest BCUT2D eigenvalue weighted by atomic mass is 79.9. The van der Waals surface area contributed by atoms with E-state index in [1.807, 2.05) is 0 Å². The van der Waals surface area contributed by atoms with Gasteiger partial charge in [0, 0.05) is 5.56 Å². The zero-order valence-corrected chi connectivity index (χ0v) is 9.49. The van der Waals surface area contributed by atoms with Crippen molar-refractivity contribution >= 4 is 15.9 Å². The monoisotopic (exact) mass is 322 g/mol. The maximum Gasteiger partial charge on any atom is 0.336 e. The van der Waals surface area contributed by atoms with Gasteiger partial charge in [-0.3, -0.25) is 0 Å². The van der Waals surface area contributed by atoms with E-state index in [0.29, 0.717) is 6.07 Å².